The number of amides is 2. The van der Waals surface area contributed by atoms with E-state index in [0.717, 1.165) is 11.3 Å². The zero-order valence-corrected chi connectivity index (χ0v) is 12.8. The van der Waals surface area contributed by atoms with Crippen LogP contribution in [0.15, 0.2) is 24.3 Å². The standard InChI is InChI=1S/C15H21N3O4/c1-17(2)12-5-3-11(4-6-12)9-16-14(20)13-10-22-15(21)18(13)7-8-19/h3-6,13,19H,7-10H2,1-2H3,(H,16,20)/t13-/m0/s1. The monoisotopic (exact) mass is 307 g/mol. The molecule has 0 radical (unpaired) electrons. The lowest BCUT2D eigenvalue weighted by atomic mass is 10.2. The Bertz CT molecular complexity index is 530. The van der Waals surface area contributed by atoms with Gasteiger partial charge in [0.1, 0.15) is 12.6 Å². The lowest BCUT2D eigenvalue weighted by molar-refractivity contribution is -0.125. The van der Waals surface area contributed by atoms with Gasteiger partial charge in [-0.05, 0) is 17.7 Å². The number of β-amino-alcohol motifs (C(OH)–C–C–N with tert-alkyl or cyclic N) is 1. The molecule has 2 rings (SSSR count). The number of anilines is 1. The third-order valence-corrected chi connectivity index (χ3v) is 3.54. The Labute approximate surface area is 129 Å². The van der Waals surface area contributed by atoms with Gasteiger partial charge in [-0.1, -0.05) is 12.1 Å². The van der Waals surface area contributed by atoms with E-state index in [2.05, 4.69) is 5.32 Å². The number of hydrogen-bond donors (Lipinski definition) is 2. The molecule has 0 aliphatic carbocycles. The summed E-state index contributed by atoms with van der Waals surface area (Å²) in [5.41, 5.74) is 2.05. The fourth-order valence-corrected chi connectivity index (χ4v) is 2.24. The summed E-state index contributed by atoms with van der Waals surface area (Å²) in [6, 6.07) is 7.15. The van der Waals surface area contributed by atoms with Crippen molar-refractivity contribution in [3.05, 3.63) is 29.8 Å². The number of ether oxygens (including phenoxy) is 1. The van der Waals surface area contributed by atoms with E-state index >= 15 is 0 Å². The third kappa shape index (κ3) is 3.67. The van der Waals surface area contributed by atoms with E-state index < -0.39 is 12.1 Å². The fourth-order valence-electron chi connectivity index (χ4n) is 2.24. The van der Waals surface area contributed by atoms with Crippen LogP contribution in [-0.2, 0) is 16.1 Å². The molecule has 1 heterocycles. The molecule has 1 saturated heterocycles. The molecule has 1 aromatic carbocycles. The van der Waals surface area contributed by atoms with Crippen molar-refractivity contribution in [2.45, 2.75) is 12.6 Å². The molecular weight excluding hydrogens is 286 g/mol. The Morgan fingerprint density at radius 3 is 2.68 bits per heavy atom. The summed E-state index contributed by atoms with van der Waals surface area (Å²) in [6.45, 7) is 0.285. The maximum atomic E-state index is 12.1. The van der Waals surface area contributed by atoms with Crippen LogP contribution in [0, 0.1) is 0 Å². The van der Waals surface area contributed by atoms with Gasteiger partial charge in [-0.2, -0.15) is 0 Å². The van der Waals surface area contributed by atoms with Crippen LogP contribution in [0.3, 0.4) is 0 Å². The number of benzene rings is 1. The molecule has 0 bridgehead atoms. The summed E-state index contributed by atoms with van der Waals surface area (Å²) in [6.07, 6.45) is -0.565. The number of carbonyl (C=O) groups excluding carboxylic acids is 2. The van der Waals surface area contributed by atoms with E-state index in [9.17, 15) is 9.59 Å². The number of hydrogen-bond acceptors (Lipinski definition) is 5. The first kappa shape index (κ1) is 16.1. The predicted molar refractivity (Wildman–Crippen MR) is 81.5 cm³/mol. The van der Waals surface area contributed by atoms with Crippen LogP contribution in [-0.4, -0.2) is 61.9 Å². The quantitative estimate of drug-likeness (QED) is 0.783. The zero-order valence-electron chi connectivity index (χ0n) is 12.8. The first-order valence-electron chi connectivity index (χ1n) is 7.11. The number of nitrogens with one attached hydrogen (secondary N) is 1. The second-order valence-electron chi connectivity index (χ2n) is 5.29. The second-order valence-corrected chi connectivity index (χ2v) is 5.29. The van der Waals surface area contributed by atoms with Crippen molar-refractivity contribution in [2.24, 2.45) is 0 Å². The Balaban J connectivity index is 1.90. The molecule has 1 atom stereocenters. The Kier molecular flexibility index (Phi) is 5.21. The number of aliphatic hydroxyl groups excluding tert-OH is 1. The van der Waals surface area contributed by atoms with Gasteiger partial charge in [-0.3, -0.25) is 9.69 Å². The highest BCUT2D eigenvalue weighted by Crippen LogP contribution is 2.14. The molecule has 2 amide bonds. The van der Waals surface area contributed by atoms with Crippen molar-refractivity contribution < 1.29 is 19.4 Å². The summed E-state index contributed by atoms with van der Waals surface area (Å²) in [5.74, 6) is -0.281. The van der Waals surface area contributed by atoms with Crippen LogP contribution >= 0.6 is 0 Å². The fraction of sp³-hybridized carbons (Fsp3) is 0.467. The molecule has 1 aliphatic rings. The topological polar surface area (TPSA) is 82.1 Å². The highest BCUT2D eigenvalue weighted by Gasteiger charge is 2.37. The minimum Gasteiger partial charge on any atom is -0.447 e. The predicted octanol–water partition coefficient (Wildman–Crippen LogP) is 0.182. The lowest BCUT2D eigenvalue weighted by Gasteiger charge is -2.19. The van der Waals surface area contributed by atoms with E-state index in [1.165, 1.54) is 4.90 Å². The summed E-state index contributed by atoms with van der Waals surface area (Å²) in [4.78, 5) is 26.8. The van der Waals surface area contributed by atoms with E-state index in [4.69, 9.17) is 9.84 Å². The van der Waals surface area contributed by atoms with Gasteiger partial charge < -0.3 is 20.1 Å². The van der Waals surface area contributed by atoms with Crippen LogP contribution in [0.1, 0.15) is 5.56 Å². The summed E-state index contributed by atoms with van der Waals surface area (Å²) in [5, 5.41) is 11.7. The molecule has 120 valence electrons. The van der Waals surface area contributed by atoms with Crippen molar-refractivity contribution in [3.8, 4) is 0 Å². The first-order valence-corrected chi connectivity index (χ1v) is 7.11. The van der Waals surface area contributed by atoms with E-state index in [-0.39, 0.29) is 25.7 Å². The van der Waals surface area contributed by atoms with Gasteiger partial charge in [-0.15, -0.1) is 0 Å². The van der Waals surface area contributed by atoms with Crippen molar-refractivity contribution in [1.82, 2.24) is 10.2 Å². The molecule has 0 spiro atoms. The molecule has 1 aliphatic heterocycles. The van der Waals surface area contributed by atoms with Gasteiger partial charge in [0, 0.05) is 32.9 Å². The zero-order chi connectivity index (χ0) is 16.1. The summed E-state index contributed by atoms with van der Waals surface area (Å²) in [7, 11) is 3.92. The average molecular weight is 307 g/mol. The summed E-state index contributed by atoms with van der Waals surface area (Å²) < 4.78 is 4.86. The Morgan fingerprint density at radius 1 is 1.41 bits per heavy atom. The molecule has 1 fully saturated rings. The Morgan fingerprint density at radius 2 is 2.09 bits per heavy atom. The minimum atomic E-state index is -0.680. The van der Waals surface area contributed by atoms with Crippen LogP contribution in [0.25, 0.3) is 0 Å². The number of aliphatic hydroxyl groups is 1. The SMILES string of the molecule is CN(C)c1ccc(CNC(=O)[C@@H]2COC(=O)N2CCO)cc1. The molecule has 0 aromatic heterocycles. The van der Waals surface area contributed by atoms with Gasteiger partial charge in [0.15, 0.2) is 0 Å². The van der Waals surface area contributed by atoms with Crippen LogP contribution in [0.4, 0.5) is 10.5 Å². The molecule has 2 N–H and O–H groups in total. The molecule has 22 heavy (non-hydrogen) atoms. The average Bonchev–Trinajstić information content (AvgIpc) is 2.87. The van der Waals surface area contributed by atoms with Gasteiger partial charge in [0.05, 0.1) is 6.61 Å². The molecule has 7 heteroatoms. The number of nitrogens with zero attached hydrogens (tertiary/aromatic N) is 2. The lowest BCUT2D eigenvalue weighted by Crippen LogP contribution is -2.46. The van der Waals surface area contributed by atoms with E-state index in [0.29, 0.717) is 6.54 Å². The van der Waals surface area contributed by atoms with Crippen molar-refractivity contribution >= 4 is 17.7 Å². The second kappa shape index (κ2) is 7.13. The smallest absolute Gasteiger partial charge is 0.410 e. The maximum Gasteiger partial charge on any atom is 0.410 e. The van der Waals surface area contributed by atoms with Crippen molar-refractivity contribution in [1.29, 1.82) is 0 Å². The molecule has 0 saturated carbocycles. The van der Waals surface area contributed by atoms with Crippen molar-refractivity contribution in [2.75, 3.05) is 38.8 Å². The number of cyclic esters (lactones) is 1. The molecular formula is C15H21N3O4. The molecule has 7 nitrogen and oxygen atoms in total. The van der Waals surface area contributed by atoms with E-state index in [1.54, 1.807) is 0 Å². The van der Waals surface area contributed by atoms with Crippen LogP contribution in [0.5, 0.6) is 0 Å². The van der Waals surface area contributed by atoms with Gasteiger partial charge in [-0.25, -0.2) is 4.79 Å². The van der Waals surface area contributed by atoms with Gasteiger partial charge in [0.25, 0.3) is 0 Å². The number of carbonyl (C=O) groups is 2. The molecule has 0 unspecified atom stereocenters. The van der Waals surface area contributed by atoms with Crippen molar-refractivity contribution in [3.63, 3.8) is 0 Å². The highest BCUT2D eigenvalue weighted by atomic mass is 16.6. The maximum absolute atomic E-state index is 12.1. The summed E-state index contributed by atoms with van der Waals surface area (Å²) >= 11 is 0. The largest absolute Gasteiger partial charge is 0.447 e. The third-order valence-electron chi connectivity index (χ3n) is 3.54. The van der Waals surface area contributed by atoms with Gasteiger partial charge >= 0.3 is 6.09 Å². The normalized spacial score (nSPS) is 17.3. The molecule has 1 aromatic rings. The first-order chi connectivity index (χ1) is 10.5. The number of rotatable bonds is 6. The highest BCUT2D eigenvalue weighted by molar-refractivity contribution is 5.87. The van der Waals surface area contributed by atoms with Crippen LogP contribution < -0.4 is 10.2 Å². The van der Waals surface area contributed by atoms with E-state index in [1.807, 2.05) is 43.3 Å². The Hall–Kier alpha value is -2.28. The van der Waals surface area contributed by atoms with Gasteiger partial charge in [0.2, 0.25) is 5.91 Å². The minimum absolute atomic E-state index is 0.0181. The van der Waals surface area contributed by atoms with Crippen LogP contribution in [0.2, 0.25) is 0 Å².